The van der Waals surface area contributed by atoms with E-state index in [1.54, 1.807) is 24.2 Å². The van der Waals surface area contributed by atoms with Gasteiger partial charge in [0.05, 0.1) is 19.7 Å². The number of nitrogens with zero attached hydrogens (tertiary/aromatic N) is 3. The number of hydrogen-bond acceptors (Lipinski definition) is 5. The smallest absolute Gasteiger partial charge is 0.292 e. The lowest BCUT2D eigenvalue weighted by molar-refractivity contribution is -0.917. The van der Waals surface area contributed by atoms with Gasteiger partial charge in [-0.15, -0.1) is 5.10 Å². The summed E-state index contributed by atoms with van der Waals surface area (Å²) in [5.74, 6) is 1.35. The second kappa shape index (κ2) is 7.37. The summed E-state index contributed by atoms with van der Waals surface area (Å²) in [5.41, 5.74) is 2.03. The van der Waals surface area contributed by atoms with Gasteiger partial charge in [-0.3, -0.25) is 4.98 Å². The van der Waals surface area contributed by atoms with Gasteiger partial charge in [-0.1, -0.05) is 0 Å². The van der Waals surface area contributed by atoms with Crippen molar-refractivity contribution < 1.29 is 14.1 Å². The predicted molar refractivity (Wildman–Crippen MR) is 92.1 cm³/mol. The quantitative estimate of drug-likeness (QED) is 0.693. The predicted octanol–water partition coefficient (Wildman–Crippen LogP) is 1.95. The highest BCUT2D eigenvalue weighted by molar-refractivity contribution is 7.71. The Labute approximate surface area is 145 Å². The van der Waals surface area contributed by atoms with Crippen LogP contribution in [0.3, 0.4) is 0 Å². The molecule has 1 aromatic carbocycles. The van der Waals surface area contributed by atoms with E-state index in [1.165, 1.54) is 10.5 Å². The first-order valence-corrected chi connectivity index (χ1v) is 7.99. The normalized spacial score (nSPS) is 12.1. The Hall–Kier alpha value is -2.51. The average Bonchev–Trinajstić information content (AvgIpc) is 2.97. The van der Waals surface area contributed by atoms with E-state index in [0.29, 0.717) is 17.4 Å². The molecule has 1 unspecified atom stereocenters. The highest BCUT2D eigenvalue weighted by Gasteiger charge is 2.12. The van der Waals surface area contributed by atoms with Gasteiger partial charge < -0.3 is 14.1 Å². The summed E-state index contributed by atoms with van der Waals surface area (Å²) in [4.78, 5) is 5.67. The number of aromatic nitrogens is 3. The van der Waals surface area contributed by atoms with Crippen molar-refractivity contribution in [1.29, 1.82) is 0 Å². The fraction of sp³-hybridized carbons (Fsp3) is 0.235. The molecule has 0 bridgehead atoms. The Morgan fingerprint density at radius 1 is 1.25 bits per heavy atom. The number of pyridine rings is 1. The van der Waals surface area contributed by atoms with Crippen LogP contribution >= 0.6 is 12.2 Å². The van der Waals surface area contributed by atoms with Crippen molar-refractivity contribution in [2.75, 3.05) is 14.2 Å². The van der Waals surface area contributed by atoms with Gasteiger partial charge in [-0.25, -0.2) is 0 Å². The molecule has 7 heteroatoms. The molecule has 0 fully saturated rings. The van der Waals surface area contributed by atoms with E-state index >= 15 is 0 Å². The Bertz CT molecular complexity index is 843. The minimum Gasteiger partial charge on any atom is -0.497 e. The molecule has 6 nitrogen and oxygen atoms in total. The zero-order chi connectivity index (χ0) is 16.9. The van der Waals surface area contributed by atoms with Crippen LogP contribution < -0.4 is 9.64 Å². The van der Waals surface area contributed by atoms with Crippen molar-refractivity contribution in [3.63, 3.8) is 0 Å². The van der Waals surface area contributed by atoms with Crippen LogP contribution in [0.1, 0.15) is 5.56 Å². The fourth-order valence-corrected chi connectivity index (χ4v) is 2.60. The summed E-state index contributed by atoms with van der Waals surface area (Å²) in [5, 5.41) is 4.45. The summed E-state index contributed by atoms with van der Waals surface area (Å²) < 4.78 is 12.5. The molecule has 0 aliphatic heterocycles. The molecule has 124 valence electrons. The molecule has 1 atom stereocenters. The number of quaternary nitrogens is 1. The maximum Gasteiger partial charge on any atom is 0.292 e. The molecule has 0 amide bonds. The fourth-order valence-electron chi connectivity index (χ4n) is 2.42. The number of methoxy groups -OCH3 is 1. The highest BCUT2D eigenvalue weighted by atomic mass is 32.1. The molecule has 1 N–H and O–H groups in total. The van der Waals surface area contributed by atoms with Gasteiger partial charge in [-0.05, 0) is 48.6 Å². The van der Waals surface area contributed by atoms with Crippen molar-refractivity contribution in [3.8, 4) is 17.2 Å². The van der Waals surface area contributed by atoms with Crippen LogP contribution in [0.2, 0.25) is 0 Å². The van der Waals surface area contributed by atoms with Gasteiger partial charge in [0, 0.05) is 18.0 Å². The van der Waals surface area contributed by atoms with E-state index < -0.39 is 0 Å². The minimum atomic E-state index is 0.364. The van der Waals surface area contributed by atoms with Gasteiger partial charge in [0.15, 0.2) is 6.67 Å². The molecular weight excluding hydrogens is 324 g/mol. The summed E-state index contributed by atoms with van der Waals surface area (Å²) >= 11 is 5.27. The largest absolute Gasteiger partial charge is 0.497 e. The number of hydrogen-bond donors (Lipinski definition) is 1. The first-order valence-electron chi connectivity index (χ1n) is 7.58. The Balaban J connectivity index is 1.69. The number of benzene rings is 1. The monoisotopic (exact) mass is 343 g/mol. The van der Waals surface area contributed by atoms with Crippen LogP contribution in [-0.4, -0.2) is 28.9 Å². The summed E-state index contributed by atoms with van der Waals surface area (Å²) in [6.07, 6.45) is 3.42. The maximum absolute atomic E-state index is 5.58. The lowest BCUT2D eigenvalue weighted by Crippen LogP contribution is -3.07. The van der Waals surface area contributed by atoms with E-state index in [0.717, 1.165) is 17.9 Å². The van der Waals surface area contributed by atoms with Crippen LogP contribution in [-0.2, 0) is 13.2 Å². The molecule has 24 heavy (non-hydrogen) atoms. The second-order valence-corrected chi connectivity index (χ2v) is 5.90. The average molecular weight is 343 g/mol. The maximum atomic E-state index is 5.58. The second-order valence-electron chi connectivity index (χ2n) is 5.55. The Morgan fingerprint density at radius 3 is 2.71 bits per heavy atom. The summed E-state index contributed by atoms with van der Waals surface area (Å²) in [7, 11) is 3.75. The summed E-state index contributed by atoms with van der Waals surface area (Å²) in [6, 6.07) is 11.8. The molecule has 3 rings (SSSR count). The molecule has 0 spiro atoms. The van der Waals surface area contributed by atoms with E-state index in [1.807, 2.05) is 24.3 Å². The third-order valence-corrected chi connectivity index (χ3v) is 3.89. The van der Waals surface area contributed by atoms with Crippen LogP contribution in [0.15, 0.2) is 53.2 Å². The van der Waals surface area contributed by atoms with Crippen LogP contribution in [0.4, 0.5) is 0 Å². The Morgan fingerprint density at radius 2 is 2.04 bits per heavy atom. The lowest BCUT2D eigenvalue weighted by Gasteiger charge is -2.13. The van der Waals surface area contributed by atoms with Crippen LogP contribution in [0, 0.1) is 4.84 Å². The van der Waals surface area contributed by atoms with Crippen molar-refractivity contribution in [1.82, 2.24) is 14.8 Å². The van der Waals surface area contributed by atoms with E-state index in [2.05, 4.69) is 29.3 Å². The van der Waals surface area contributed by atoms with E-state index in [9.17, 15) is 0 Å². The molecule has 3 aromatic rings. The number of ether oxygens (including phenoxy) is 1. The van der Waals surface area contributed by atoms with E-state index in [-0.39, 0.29) is 0 Å². The van der Waals surface area contributed by atoms with Gasteiger partial charge in [0.1, 0.15) is 12.3 Å². The first kappa shape index (κ1) is 16.4. The van der Waals surface area contributed by atoms with Crippen molar-refractivity contribution in [3.05, 3.63) is 59.2 Å². The van der Waals surface area contributed by atoms with Crippen LogP contribution in [0.25, 0.3) is 11.5 Å². The third-order valence-electron chi connectivity index (χ3n) is 3.60. The zero-order valence-electron chi connectivity index (χ0n) is 13.6. The third kappa shape index (κ3) is 3.87. The van der Waals surface area contributed by atoms with Crippen LogP contribution in [0.5, 0.6) is 5.75 Å². The van der Waals surface area contributed by atoms with Gasteiger partial charge in [0.2, 0.25) is 5.89 Å². The van der Waals surface area contributed by atoms with Gasteiger partial charge in [-0.2, -0.15) is 4.68 Å². The molecule has 0 aliphatic rings. The summed E-state index contributed by atoms with van der Waals surface area (Å²) in [6.45, 7) is 1.47. The highest BCUT2D eigenvalue weighted by Crippen LogP contribution is 2.15. The first-order chi connectivity index (χ1) is 11.7. The molecule has 0 saturated heterocycles. The minimum absolute atomic E-state index is 0.364. The van der Waals surface area contributed by atoms with Crippen molar-refractivity contribution in [2.45, 2.75) is 13.2 Å². The van der Waals surface area contributed by atoms with Crippen molar-refractivity contribution >= 4 is 12.2 Å². The molecule has 2 heterocycles. The van der Waals surface area contributed by atoms with Crippen molar-refractivity contribution in [2.24, 2.45) is 0 Å². The number of rotatable bonds is 6. The zero-order valence-corrected chi connectivity index (χ0v) is 14.4. The molecule has 0 radical (unpaired) electrons. The number of nitrogens with one attached hydrogen (secondary N) is 1. The van der Waals surface area contributed by atoms with Gasteiger partial charge >= 0.3 is 0 Å². The SMILES string of the molecule is COc1ccc(C[NH+](C)Cn2nc(-c3cccnc3)oc2=S)cc1. The standard InChI is InChI=1S/C17H18N4O2S/c1-20(11-13-5-7-15(22-2)8-6-13)12-21-17(24)23-16(19-21)14-4-3-9-18-10-14/h3-10H,11-12H2,1-2H3/p+1. The molecular formula is C17H19N4O2S+. The lowest BCUT2D eigenvalue weighted by atomic mass is 10.2. The Kier molecular flexibility index (Phi) is 5.02. The molecule has 0 aliphatic carbocycles. The van der Waals surface area contributed by atoms with Gasteiger partial charge in [0.25, 0.3) is 4.84 Å². The molecule has 0 saturated carbocycles. The van der Waals surface area contributed by atoms with E-state index in [4.69, 9.17) is 21.4 Å². The topological polar surface area (TPSA) is 57.5 Å². The molecule has 2 aromatic heterocycles.